The van der Waals surface area contributed by atoms with Gasteiger partial charge in [-0.3, -0.25) is 0 Å². The largest absolute Gasteiger partial charge is 0.394 e. The maximum atomic E-state index is 8.81. The first-order chi connectivity index (χ1) is 6.13. The Morgan fingerprint density at radius 2 is 2.15 bits per heavy atom. The molecule has 5 heteroatoms. The highest BCUT2D eigenvalue weighted by molar-refractivity contribution is 7.09. The Hall–Kier alpha value is -0.680. The van der Waals surface area contributed by atoms with E-state index in [1.165, 1.54) is 11.5 Å². The molecule has 1 aromatic rings. The zero-order chi connectivity index (χ0) is 9.84. The molecular formula is C8H15N3OS. The number of hydrogen-bond acceptors (Lipinski definition) is 5. The highest BCUT2D eigenvalue weighted by Crippen LogP contribution is 2.17. The van der Waals surface area contributed by atoms with Crippen molar-refractivity contribution < 1.29 is 5.11 Å². The number of rotatable bonds is 4. The molecule has 13 heavy (non-hydrogen) atoms. The van der Waals surface area contributed by atoms with Crippen molar-refractivity contribution in [3.63, 3.8) is 0 Å². The number of hydrogen-bond donors (Lipinski definition) is 2. The van der Waals surface area contributed by atoms with Crippen LogP contribution in [0.15, 0.2) is 0 Å². The van der Waals surface area contributed by atoms with E-state index in [2.05, 4.69) is 28.5 Å². The molecule has 0 aromatic carbocycles. The molecule has 0 aliphatic rings. The predicted octanol–water partition coefficient (Wildman–Crippen LogP) is 1.45. The minimum absolute atomic E-state index is 0.0352. The van der Waals surface area contributed by atoms with Gasteiger partial charge >= 0.3 is 0 Å². The first kappa shape index (κ1) is 10.4. The van der Waals surface area contributed by atoms with Crippen molar-refractivity contribution in [2.24, 2.45) is 0 Å². The van der Waals surface area contributed by atoms with Crippen molar-refractivity contribution in [3.8, 4) is 0 Å². The van der Waals surface area contributed by atoms with Crippen molar-refractivity contribution in [1.82, 2.24) is 9.36 Å². The van der Waals surface area contributed by atoms with Crippen LogP contribution in [-0.4, -0.2) is 27.1 Å². The minimum Gasteiger partial charge on any atom is -0.394 e. The Morgan fingerprint density at radius 1 is 1.46 bits per heavy atom. The molecule has 1 atom stereocenters. The summed E-state index contributed by atoms with van der Waals surface area (Å²) in [5, 5.41) is 12.7. The Labute approximate surface area is 82.2 Å². The molecule has 0 bridgehead atoms. The molecule has 2 N–H and O–H groups in total. The van der Waals surface area contributed by atoms with E-state index in [9.17, 15) is 0 Å². The summed E-state index contributed by atoms with van der Waals surface area (Å²) < 4.78 is 4.19. The van der Waals surface area contributed by atoms with Crippen molar-refractivity contribution in [2.45, 2.75) is 32.7 Å². The summed E-state index contributed by atoms with van der Waals surface area (Å²) in [5.74, 6) is 1.22. The van der Waals surface area contributed by atoms with E-state index in [0.29, 0.717) is 5.92 Å². The first-order valence-electron chi connectivity index (χ1n) is 4.34. The van der Waals surface area contributed by atoms with E-state index in [1.54, 1.807) is 0 Å². The van der Waals surface area contributed by atoms with E-state index >= 15 is 0 Å². The standard InChI is InChI=1S/C8H15N3OS/c1-5(2)7-10-8(13-11-7)9-6(3)4-12/h5-6,12H,4H2,1-3H3,(H,9,10,11)/t6-/m0/s1. The fourth-order valence-electron chi connectivity index (χ4n) is 0.784. The molecule has 1 aromatic heterocycles. The monoisotopic (exact) mass is 201 g/mol. The fraction of sp³-hybridized carbons (Fsp3) is 0.750. The molecule has 0 amide bonds. The predicted molar refractivity (Wildman–Crippen MR) is 54.2 cm³/mol. The molecule has 1 heterocycles. The van der Waals surface area contributed by atoms with E-state index in [4.69, 9.17) is 5.11 Å². The quantitative estimate of drug-likeness (QED) is 0.774. The zero-order valence-electron chi connectivity index (χ0n) is 8.11. The van der Waals surface area contributed by atoms with Crippen molar-refractivity contribution in [2.75, 3.05) is 11.9 Å². The van der Waals surface area contributed by atoms with Gasteiger partial charge in [0.1, 0.15) is 5.82 Å². The second-order valence-corrected chi connectivity index (χ2v) is 4.09. The van der Waals surface area contributed by atoms with Crippen LogP contribution >= 0.6 is 11.5 Å². The molecule has 0 saturated carbocycles. The van der Waals surface area contributed by atoms with Crippen LogP contribution in [0.3, 0.4) is 0 Å². The summed E-state index contributed by atoms with van der Waals surface area (Å²) in [5.41, 5.74) is 0. The Kier molecular flexibility index (Phi) is 3.62. The number of aromatic nitrogens is 2. The third-order valence-corrected chi connectivity index (χ3v) is 2.26. The molecule has 1 rings (SSSR count). The highest BCUT2D eigenvalue weighted by Gasteiger charge is 2.08. The molecule has 4 nitrogen and oxygen atoms in total. The van der Waals surface area contributed by atoms with Gasteiger partial charge in [0.2, 0.25) is 5.13 Å². The normalized spacial score (nSPS) is 13.3. The SMILES string of the molecule is CC(C)c1nsc(N[C@@H](C)CO)n1. The number of anilines is 1. The number of nitrogens with one attached hydrogen (secondary N) is 1. The lowest BCUT2D eigenvalue weighted by Gasteiger charge is -2.07. The van der Waals surface area contributed by atoms with Gasteiger partial charge in [-0.15, -0.1) is 0 Å². The van der Waals surface area contributed by atoms with E-state index in [-0.39, 0.29) is 12.6 Å². The van der Waals surface area contributed by atoms with Crippen LogP contribution in [0.5, 0.6) is 0 Å². The average molecular weight is 201 g/mol. The lowest BCUT2D eigenvalue weighted by Crippen LogP contribution is -2.19. The molecule has 0 fully saturated rings. The molecule has 0 aliphatic heterocycles. The average Bonchev–Trinajstić information content (AvgIpc) is 2.52. The lowest BCUT2D eigenvalue weighted by molar-refractivity contribution is 0.281. The van der Waals surface area contributed by atoms with Crippen LogP contribution in [0.1, 0.15) is 32.5 Å². The van der Waals surface area contributed by atoms with Gasteiger partial charge in [-0.1, -0.05) is 13.8 Å². The highest BCUT2D eigenvalue weighted by atomic mass is 32.1. The minimum atomic E-state index is 0.0352. The van der Waals surface area contributed by atoms with Gasteiger partial charge in [0.15, 0.2) is 0 Å². The molecule has 0 radical (unpaired) electrons. The number of nitrogens with zero attached hydrogens (tertiary/aromatic N) is 2. The van der Waals surface area contributed by atoms with E-state index < -0.39 is 0 Å². The van der Waals surface area contributed by atoms with Gasteiger partial charge in [-0.2, -0.15) is 4.37 Å². The van der Waals surface area contributed by atoms with Crippen LogP contribution in [0, 0.1) is 0 Å². The van der Waals surface area contributed by atoms with Gasteiger partial charge in [0.25, 0.3) is 0 Å². The van der Waals surface area contributed by atoms with E-state index in [0.717, 1.165) is 11.0 Å². The third-order valence-electron chi connectivity index (χ3n) is 1.60. The summed E-state index contributed by atoms with van der Waals surface area (Å²) in [6.07, 6.45) is 0. The van der Waals surface area contributed by atoms with Crippen molar-refractivity contribution in [1.29, 1.82) is 0 Å². The maximum absolute atomic E-state index is 8.81. The van der Waals surface area contributed by atoms with Crippen LogP contribution in [0.4, 0.5) is 5.13 Å². The molecule has 0 saturated heterocycles. The molecule has 0 aliphatic carbocycles. The van der Waals surface area contributed by atoms with Gasteiger partial charge in [0, 0.05) is 23.5 Å². The molecule has 74 valence electrons. The van der Waals surface area contributed by atoms with Crippen LogP contribution in [-0.2, 0) is 0 Å². The smallest absolute Gasteiger partial charge is 0.202 e. The van der Waals surface area contributed by atoms with Crippen molar-refractivity contribution >= 4 is 16.7 Å². The summed E-state index contributed by atoms with van der Waals surface area (Å²) in [7, 11) is 0. The summed E-state index contributed by atoms with van der Waals surface area (Å²) in [4.78, 5) is 4.28. The molecule has 0 unspecified atom stereocenters. The fourth-order valence-corrected chi connectivity index (χ4v) is 1.60. The summed E-state index contributed by atoms with van der Waals surface area (Å²) >= 11 is 1.34. The topological polar surface area (TPSA) is 58.0 Å². The van der Waals surface area contributed by atoms with Crippen LogP contribution in [0.2, 0.25) is 0 Å². The Balaban J connectivity index is 2.58. The summed E-state index contributed by atoms with van der Waals surface area (Å²) in [6.45, 7) is 6.12. The zero-order valence-corrected chi connectivity index (χ0v) is 8.93. The van der Waals surface area contributed by atoms with Gasteiger partial charge in [-0.25, -0.2) is 4.98 Å². The second kappa shape index (κ2) is 4.53. The van der Waals surface area contributed by atoms with E-state index in [1.807, 2.05) is 6.92 Å². The van der Waals surface area contributed by atoms with Gasteiger partial charge in [0.05, 0.1) is 6.61 Å². The number of aliphatic hydroxyl groups is 1. The summed E-state index contributed by atoms with van der Waals surface area (Å²) in [6, 6.07) is 0.0352. The van der Waals surface area contributed by atoms with Gasteiger partial charge in [-0.05, 0) is 6.92 Å². The second-order valence-electron chi connectivity index (χ2n) is 3.34. The third kappa shape index (κ3) is 2.93. The Bertz CT molecular complexity index is 262. The molecule has 0 spiro atoms. The Morgan fingerprint density at radius 3 is 2.62 bits per heavy atom. The molecular weight excluding hydrogens is 186 g/mol. The lowest BCUT2D eigenvalue weighted by atomic mass is 10.2. The maximum Gasteiger partial charge on any atom is 0.202 e. The van der Waals surface area contributed by atoms with Crippen LogP contribution < -0.4 is 5.32 Å². The van der Waals surface area contributed by atoms with Crippen molar-refractivity contribution in [3.05, 3.63) is 5.82 Å². The first-order valence-corrected chi connectivity index (χ1v) is 5.11. The van der Waals surface area contributed by atoms with Crippen LogP contribution in [0.25, 0.3) is 0 Å². The number of aliphatic hydroxyl groups excluding tert-OH is 1. The van der Waals surface area contributed by atoms with Gasteiger partial charge < -0.3 is 10.4 Å².